The summed E-state index contributed by atoms with van der Waals surface area (Å²) < 4.78 is 5.86. The summed E-state index contributed by atoms with van der Waals surface area (Å²) in [6.45, 7) is 13.4. The van der Waals surface area contributed by atoms with E-state index < -0.39 is 0 Å². The number of carbonyl (C=O) groups is 3. The molecule has 0 spiro atoms. The fourth-order valence-electron chi connectivity index (χ4n) is 5.81. The van der Waals surface area contributed by atoms with Gasteiger partial charge < -0.3 is 15.0 Å². The average Bonchev–Trinajstić information content (AvgIpc) is 3.41. The second kappa shape index (κ2) is 16.6. The highest BCUT2D eigenvalue weighted by Crippen LogP contribution is 2.32. The number of hydrogen-bond donors (Lipinski definition) is 1. The Morgan fingerprint density at radius 1 is 1.20 bits per heavy atom. The third-order valence-corrected chi connectivity index (χ3v) is 9.63. The number of ketones is 1. The van der Waals surface area contributed by atoms with E-state index in [1.165, 1.54) is 11.3 Å². The molecule has 2 rings (SSSR count). The molecule has 1 aliphatic heterocycles. The maximum absolute atomic E-state index is 14.0. The van der Waals surface area contributed by atoms with E-state index in [0.717, 1.165) is 50.1 Å². The Kier molecular flexibility index (Phi) is 14.2. The zero-order valence-corrected chi connectivity index (χ0v) is 27.2. The molecule has 1 aromatic heterocycles. The van der Waals surface area contributed by atoms with E-state index in [1.807, 2.05) is 25.9 Å². The van der Waals surface area contributed by atoms with Gasteiger partial charge in [-0.15, -0.1) is 11.3 Å². The van der Waals surface area contributed by atoms with Crippen LogP contribution < -0.4 is 5.32 Å². The van der Waals surface area contributed by atoms with Crippen LogP contribution in [-0.2, 0) is 14.3 Å². The normalized spacial score (nSPS) is 20.0. The molecular formula is C31H54N4O4S. The van der Waals surface area contributed by atoms with Crippen molar-refractivity contribution in [2.75, 3.05) is 27.7 Å². The Bertz CT molecular complexity index is 952. The van der Waals surface area contributed by atoms with Crippen molar-refractivity contribution in [3.05, 3.63) is 16.1 Å². The van der Waals surface area contributed by atoms with Gasteiger partial charge in [0.1, 0.15) is 16.8 Å². The van der Waals surface area contributed by atoms with Crippen LogP contribution in [0.25, 0.3) is 0 Å². The molecule has 1 aromatic rings. The van der Waals surface area contributed by atoms with Gasteiger partial charge in [-0.25, -0.2) is 4.98 Å². The number of piperidine rings is 1. The van der Waals surface area contributed by atoms with Gasteiger partial charge in [0.05, 0.1) is 6.04 Å². The Hall–Kier alpha value is -1.84. The van der Waals surface area contributed by atoms with E-state index in [9.17, 15) is 14.4 Å². The summed E-state index contributed by atoms with van der Waals surface area (Å²) >= 11 is 1.41. The van der Waals surface area contributed by atoms with Gasteiger partial charge in [0.25, 0.3) is 5.91 Å². The molecule has 6 atom stereocenters. The van der Waals surface area contributed by atoms with Crippen LogP contribution in [0.5, 0.6) is 0 Å². The van der Waals surface area contributed by atoms with Gasteiger partial charge in [-0.2, -0.15) is 0 Å². The number of carbonyl (C=O) groups excluding carboxylic acids is 3. The molecular weight excluding hydrogens is 524 g/mol. The Balaban J connectivity index is 2.18. The SMILES string of the molecule is CCC[C@@H](C)NC(=O)c1csc([C@@H](C[C@H](C(C)C)N(C)C(=O)[C@@H](CC(=O)[C@H]2CCCCN2C)[C@@H](C)CC)OC)n1. The number of likely N-dealkylation sites (tertiary alicyclic amines) is 1. The van der Waals surface area contributed by atoms with Gasteiger partial charge in [0.15, 0.2) is 5.78 Å². The highest BCUT2D eigenvalue weighted by molar-refractivity contribution is 7.09. The Morgan fingerprint density at radius 2 is 1.90 bits per heavy atom. The quantitative estimate of drug-likeness (QED) is 0.269. The maximum atomic E-state index is 14.0. The summed E-state index contributed by atoms with van der Waals surface area (Å²) in [6, 6.07) is -0.102. The lowest BCUT2D eigenvalue weighted by Crippen LogP contribution is -2.48. The highest BCUT2D eigenvalue weighted by atomic mass is 32.1. The molecule has 1 N–H and O–H groups in total. The molecule has 0 radical (unpaired) electrons. The van der Waals surface area contributed by atoms with Gasteiger partial charge in [-0.05, 0) is 51.6 Å². The second-order valence-electron chi connectivity index (χ2n) is 12.1. The van der Waals surface area contributed by atoms with Crippen molar-refractivity contribution in [3.8, 4) is 0 Å². The standard InChI is InChI=1S/C31H54N4O4S/c1-10-14-22(6)32-29(37)24-19-40-30(33-24)28(39-9)18-26(20(3)4)35(8)31(38)23(21(5)11-2)17-27(36)25-15-12-13-16-34(25)7/h19-23,25-26,28H,10-18H2,1-9H3,(H,32,37)/t21-,22+,23-,25+,26+,28+/m0/s1. The molecule has 2 heterocycles. The largest absolute Gasteiger partial charge is 0.374 e. The third-order valence-electron chi connectivity index (χ3n) is 8.70. The first kappa shape index (κ1) is 34.4. The first-order valence-electron chi connectivity index (χ1n) is 15.2. The number of methoxy groups -OCH3 is 1. The number of thiazole rings is 1. The van der Waals surface area contributed by atoms with Crippen molar-refractivity contribution in [2.45, 2.75) is 117 Å². The number of hydrogen-bond acceptors (Lipinski definition) is 7. The van der Waals surface area contributed by atoms with Gasteiger partial charge in [-0.1, -0.05) is 53.9 Å². The summed E-state index contributed by atoms with van der Waals surface area (Å²) in [4.78, 5) is 48.7. The van der Waals surface area contributed by atoms with Crippen LogP contribution in [0.1, 0.15) is 115 Å². The average molecular weight is 579 g/mol. The van der Waals surface area contributed by atoms with E-state index in [0.29, 0.717) is 12.1 Å². The highest BCUT2D eigenvalue weighted by Gasteiger charge is 2.37. The molecule has 1 fully saturated rings. The molecule has 8 nitrogen and oxygen atoms in total. The smallest absolute Gasteiger partial charge is 0.270 e. The molecule has 0 aromatic carbocycles. The summed E-state index contributed by atoms with van der Waals surface area (Å²) in [5.74, 6) is -0.0298. The summed E-state index contributed by atoms with van der Waals surface area (Å²) in [6.07, 6.45) is 6.32. The number of nitrogens with zero attached hydrogens (tertiary/aromatic N) is 3. The minimum absolute atomic E-state index is 0.0267. The van der Waals surface area contributed by atoms with Crippen LogP contribution in [0.15, 0.2) is 5.38 Å². The predicted molar refractivity (Wildman–Crippen MR) is 163 cm³/mol. The Labute approximate surface area is 246 Å². The third kappa shape index (κ3) is 9.35. The maximum Gasteiger partial charge on any atom is 0.270 e. The summed E-state index contributed by atoms with van der Waals surface area (Å²) in [5, 5.41) is 5.52. The number of Topliss-reactive ketones (excluding diaryl/α,β-unsaturated/α-hetero) is 1. The van der Waals surface area contributed by atoms with E-state index in [4.69, 9.17) is 4.74 Å². The van der Waals surface area contributed by atoms with Crippen molar-refractivity contribution in [3.63, 3.8) is 0 Å². The Morgan fingerprint density at radius 3 is 2.48 bits per heavy atom. The van der Waals surface area contributed by atoms with E-state index >= 15 is 0 Å². The lowest BCUT2D eigenvalue weighted by Gasteiger charge is -2.37. The van der Waals surface area contributed by atoms with Gasteiger partial charge in [0.2, 0.25) is 5.91 Å². The first-order valence-corrected chi connectivity index (χ1v) is 16.1. The molecule has 1 aliphatic rings. The molecule has 0 bridgehead atoms. The molecule has 228 valence electrons. The molecule has 1 saturated heterocycles. The van der Waals surface area contributed by atoms with Crippen molar-refractivity contribution >= 4 is 28.9 Å². The monoisotopic (exact) mass is 578 g/mol. The molecule has 0 aliphatic carbocycles. The van der Waals surface area contributed by atoms with Gasteiger partial charge in [-0.3, -0.25) is 19.3 Å². The molecule has 40 heavy (non-hydrogen) atoms. The predicted octanol–water partition coefficient (Wildman–Crippen LogP) is 5.73. The molecule has 0 unspecified atom stereocenters. The van der Waals surface area contributed by atoms with Crippen molar-refractivity contribution in [1.82, 2.24) is 20.1 Å². The van der Waals surface area contributed by atoms with E-state index in [1.54, 1.807) is 12.5 Å². The summed E-state index contributed by atoms with van der Waals surface area (Å²) in [7, 11) is 5.53. The van der Waals surface area contributed by atoms with Crippen LogP contribution in [-0.4, -0.2) is 78.3 Å². The summed E-state index contributed by atoms with van der Waals surface area (Å²) in [5.41, 5.74) is 0.401. The van der Waals surface area contributed by atoms with Crippen LogP contribution in [0, 0.1) is 17.8 Å². The fraction of sp³-hybridized carbons (Fsp3) is 0.806. The molecule has 2 amide bonds. The van der Waals surface area contributed by atoms with Crippen LogP contribution in [0.4, 0.5) is 0 Å². The van der Waals surface area contributed by atoms with E-state index in [-0.39, 0.29) is 66.0 Å². The lowest BCUT2D eigenvalue weighted by molar-refractivity contribution is -0.143. The van der Waals surface area contributed by atoms with E-state index in [2.05, 4.69) is 49.8 Å². The fourth-order valence-corrected chi connectivity index (χ4v) is 6.70. The van der Waals surface area contributed by atoms with Crippen LogP contribution in [0.3, 0.4) is 0 Å². The lowest BCUT2D eigenvalue weighted by atomic mass is 9.83. The van der Waals surface area contributed by atoms with Crippen molar-refractivity contribution in [2.24, 2.45) is 17.8 Å². The second-order valence-corrected chi connectivity index (χ2v) is 13.0. The number of amides is 2. The van der Waals surface area contributed by atoms with Crippen molar-refractivity contribution in [1.29, 1.82) is 0 Å². The van der Waals surface area contributed by atoms with Gasteiger partial charge in [0, 0.05) is 50.4 Å². The minimum Gasteiger partial charge on any atom is -0.374 e. The zero-order chi connectivity index (χ0) is 30.0. The minimum atomic E-state index is -0.347. The zero-order valence-electron chi connectivity index (χ0n) is 26.4. The number of aromatic nitrogens is 1. The van der Waals surface area contributed by atoms with Crippen molar-refractivity contribution < 1.29 is 19.1 Å². The number of nitrogens with one attached hydrogen (secondary N) is 1. The molecule has 0 saturated carbocycles. The molecule has 9 heteroatoms. The number of likely N-dealkylation sites (N-methyl/N-ethyl adjacent to an activating group) is 1. The number of rotatable bonds is 16. The van der Waals surface area contributed by atoms with Gasteiger partial charge >= 0.3 is 0 Å². The topological polar surface area (TPSA) is 91.8 Å². The number of ether oxygens (including phenoxy) is 1. The van der Waals surface area contributed by atoms with Crippen LogP contribution >= 0.6 is 11.3 Å². The van der Waals surface area contributed by atoms with Crippen LogP contribution in [0.2, 0.25) is 0 Å². The first-order chi connectivity index (χ1) is 18.9.